The number of rotatable bonds is 3. The first-order valence-electron chi connectivity index (χ1n) is 5.38. The number of hydrogen-bond donors (Lipinski definition) is 2. The van der Waals surface area contributed by atoms with Crippen LogP contribution in [0.4, 0.5) is 5.00 Å². The number of nitrogens with one attached hydrogen (secondary N) is 1. The molecule has 2 rings (SSSR count). The molecule has 19 heavy (non-hydrogen) atoms. The van der Waals surface area contributed by atoms with Gasteiger partial charge in [-0.25, -0.2) is 4.79 Å². The Morgan fingerprint density at radius 2 is 2.00 bits per heavy atom. The Morgan fingerprint density at radius 3 is 2.58 bits per heavy atom. The summed E-state index contributed by atoms with van der Waals surface area (Å²) in [5.41, 5.74) is 1.29. The van der Waals surface area contributed by atoms with Gasteiger partial charge in [-0.05, 0) is 42.8 Å². The van der Waals surface area contributed by atoms with Gasteiger partial charge in [-0.1, -0.05) is 11.6 Å². The van der Waals surface area contributed by atoms with E-state index in [4.69, 9.17) is 16.7 Å². The third kappa shape index (κ3) is 3.13. The fraction of sp³-hybridized carbons (Fsp3) is 0.0769. The third-order valence-electron chi connectivity index (χ3n) is 2.47. The van der Waals surface area contributed by atoms with Crippen LogP contribution < -0.4 is 5.32 Å². The fourth-order valence-corrected chi connectivity index (χ4v) is 2.35. The molecule has 0 unspecified atom stereocenters. The third-order valence-corrected chi connectivity index (χ3v) is 3.89. The largest absolute Gasteiger partial charge is 0.477 e. The van der Waals surface area contributed by atoms with E-state index in [2.05, 4.69) is 5.32 Å². The maximum atomic E-state index is 12.0. The van der Waals surface area contributed by atoms with E-state index in [1.165, 1.54) is 6.07 Å². The molecule has 1 aromatic heterocycles. The maximum absolute atomic E-state index is 12.0. The minimum Gasteiger partial charge on any atom is -0.477 e. The number of aromatic carboxylic acids is 1. The van der Waals surface area contributed by atoms with Crippen molar-refractivity contribution in [1.29, 1.82) is 0 Å². The molecule has 1 amide bonds. The van der Waals surface area contributed by atoms with E-state index in [-0.39, 0.29) is 10.8 Å². The molecule has 0 aliphatic heterocycles. The molecule has 0 fully saturated rings. The summed E-state index contributed by atoms with van der Waals surface area (Å²) < 4.78 is 0. The molecule has 0 radical (unpaired) electrons. The van der Waals surface area contributed by atoms with E-state index in [1.807, 2.05) is 6.92 Å². The van der Waals surface area contributed by atoms with Gasteiger partial charge in [0.2, 0.25) is 0 Å². The Morgan fingerprint density at radius 1 is 1.26 bits per heavy atom. The second-order valence-corrected chi connectivity index (χ2v) is 5.38. The van der Waals surface area contributed by atoms with Crippen LogP contribution in [0.3, 0.4) is 0 Å². The Bertz CT molecular complexity index is 651. The van der Waals surface area contributed by atoms with Crippen LogP contribution in [-0.4, -0.2) is 17.0 Å². The first kappa shape index (κ1) is 13.6. The zero-order valence-electron chi connectivity index (χ0n) is 9.94. The molecule has 98 valence electrons. The number of carboxylic acids is 1. The zero-order chi connectivity index (χ0) is 14.0. The van der Waals surface area contributed by atoms with Gasteiger partial charge in [-0.2, -0.15) is 0 Å². The van der Waals surface area contributed by atoms with E-state index in [0.717, 1.165) is 16.9 Å². The van der Waals surface area contributed by atoms with Crippen LogP contribution in [0.25, 0.3) is 0 Å². The van der Waals surface area contributed by atoms with Gasteiger partial charge in [0.05, 0.1) is 5.00 Å². The quantitative estimate of drug-likeness (QED) is 0.908. The van der Waals surface area contributed by atoms with Gasteiger partial charge in [0.15, 0.2) is 0 Å². The summed E-state index contributed by atoms with van der Waals surface area (Å²) in [7, 11) is 0. The molecule has 0 saturated heterocycles. The number of carbonyl (C=O) groups excluding carboxylic acids is 1. The SMILES string of the molecule is Cc1cc(C(=O)Nc2ccc(C(=O)O)s2)ccc1Cl. The second kappa shape index (κ2) is 5.42. The Kier molecular flexibility index (Phi) is 3.87. The maximum Gasteiger partial charge on any atom is 0.345 e. The second-order valence-electron chi connectivity index (χ2n) is 3.89. The average molecular weight is 296 g/mol. The highest BCUT2D eigenvalue weighted by atomic mass is 35.5. The predicted octanol–water partition coefficient (Wildman–Crippen LogP) is 3.66. The molecule has 4 nitrogen and oxygen atoms in total. The van der Waals surface area contributed by atoms with Gasteiger partial charge in [0.1, 0.15) is 4.88 Å². The number of amides is 1. The first-order valence-corrected chi connectivity index (χ1v) is 6.57. The number of halogens is 1. The van der Waals surface area contributed by atoms with Crippen molar-refractivity contribution >= 4 is 39.8 Å². The first-order chi connectivity index (χ1) is 8.97. The van der Waals surface area contributed by atoms with Crippen molar-refractivity contribution in [2.24, 2.45) is 0 Å². The number of anilines is 1. The van der Waals surface area contributed by atoms with E-state index in [9.17, 15) is 9.59 Å². The molecule has 2 N–H and O–H groups in total. The van der Waals surface area contributed by atoms with Crippen LogP contribution in [0.5, 0.6) is 0 Å². The molecule has 0 aliphatic rings. The topological polar surface area (TPSA) is 66.4 Å². The van der Waals surface area contributed by atoms with Crippen molar-refractivity contribution in [3.63, 3.8) is 0 Å². The standard InChI is InChI=1S/C13H10ClNO3S/c1-7-6-8(2-3-9(7)14)12(16)15-11-5-4-10(19-11)13(17)18/h2-6H,1H3,(H,15,16)(H,17,18). The van der Waals surface area contributed by atoms with E-state index < -0.39 is 5.97 Å². The summed E-state index contributed by atoms with van der Waals surface area (Å²) >= 11 is 6.90. The van der Waals surface area contributed by atoms with Gasteiger partial charge < -0.3 is 10.4 Å². The monoisotopic (exact) mass is 295 g/mol. The van der Waals surface area contributed by atoms with Crippen molar-refractivity contribution in [1.82, 2.24) is 0 Å². The molecule has 0 atom stereocenters. The number of carbonyl (C=O) groups is 2. The van der Waals surface area contributed by atoms with Crippen LogP contribution in [0, 0.1) is 6.92 Å². The molecule has 0 saturated carbocycles. The van der Waals surface area contributed by atoms with Crippen LogP contribution in [0.2, 0.25) is 5.02 Å². The lowest BCUT2D eigenvalue weighted by molar-refractivity contribution is 0.0702. The number of aryl methyl sites for hydroxylation is 1. The highest BCUT2D eigenvalue weighted by Gasteiger charge is 2.11. The summed E-state index contributed by atoms with van der Waals surface area (Å²) in [4.78, 5) is 22.9. The van der Waals surface area contributed by atoms with Crippen molar-refractivity contribution in [2.75, 3.05) is 5.32 Å². The number of carboxylic acid groups (broad SMARTS) is 1. The summed E-state index contributed by atoms with van der Waals surface area (Å²) in [5.74, 6) is -1.30. The van der Waals surface area contributed by atoms with Crippen molar-refractivity contribution in [2.45, 2.75) is 6.92 Å². The summed E-state index contributed by atoms with van der Waals surface area (Å²) in [6.45, 7) is 1.81. The molecule has 1 aromatic carbocycles. The lowest BCUT2D eigenvalue weighted by Gasteiger charge is -2.04. The minimum absolute atomic E-state index is 0.183. The molecular weight excluding hydrogens is 286 g/mol. The van der Waals surface area contributed by atoms with Crippen LogP contribution in [0.1, 0.15) is 25.6 Å². The van der Waals surface area contributed by atoms with Crippen LogP contribution >= 0.6 is 22.9 Å². The zero-order valence-corrected chi connectivity index (χ0v) is 11.5. The summed E-state index contributed by atoms with van der Waals surface area (Å²) in [6, 6.07) is 7.98. The highest BCUT2D eigenvalue weighted by Crippen LogP contribution is 2.23. The molecule has 0 bridgehead atoms. The number of benzene rings is 1. The van der Waals surface area contributed by atoms with E-state index in [0.29, 0.717) is 15.6 Å². The molecule has 2 aromatic rings. The Labute approximate surface area is 118 Å². The van der Waals surface area contributed by atoms with E-state index >= 15 is 0 Å². The molecule has 1 heterocycles. The van der Waals surface area contributed by atoms with Gasteiger partial charge >= 0.3 is 5.97 Å². The highest BCUT2D eigenvalue weighted by molar-refractivity contribution is 7.18. The molecule has 6 heteroatoms. The lowest BCUT2D eigenvalue weighted by Crippen LogP contribution is -2.10. The Hall–Kier alpha value is -1.85. The van der Waals surface area contributed by atoms with Crippen molar-refractivity contribution < 1.29 is 14.7 Å². The fourth-order valence-electron chi connectivity index (χ4n) is 1.49. The van der Waals surface area contributed by atoms with E-state index in [1.54, 1.807) is 24.3 Å². The molecule has 0 spiro atoms. The minimum atomic E-state index is -1.01. The van der Waals surface area contributed by atoms with Gasteiger partial charge in [0.25, 0.3) is 5.91 Å². The Balaban J connectivity index is 2.15. The number of hydrogen-bond acceptors (Lipinski definition) is 3. The van der Waals surface area contributed by atoms with Crippen molar-refractivity contribution in [3.8, 4) is 0 Å². The molecule has 0 aliphatic carbocycles. The van der Waals surface area contributed by atoms with Crippen molar-refractivity contribution in [3.05, 3.63) is 51.4 Å². The van der Waals surface area contributed by atoms with Gasteiger partial charge in [-0.15, -0.1) is 11.3 Å². The van der Waals surface area contributed by atoms with Gasteiger partial charge in [-0.3, -0.25) is 4.79 Å². The predicted molar refractivity (Wildman–Crippen MR) is 75.4 cm³/mol. The lowest BCUT2D eigenvalue weighted by atomic mass is 10.1. The van der Waals surface area contributed by atoms with Gasteiger partial charge in [0, 0.05) is 10.6 Å². The normalized spacial score (nSPS) is 10.2. The smallest absolute Gasteiger partial charge is 0.345 e. The molecular formula is C13H10ClNO3S. The van der Waals surface area contributed by atoms with Crippen LogP contribution in [-0.2, 0) is 0 Å². The average Bonchev–Trinajstić information content (AvgIpc) is 2.81. The summed E-state index contributed by atoms with van der Waals surface area (Å²) in [6.07, 6.45) is 0. The number of thiophene rings is 1. The summed E-state index contributed by atoms with van der Waals surface area (Å²) in [5, 5.41) is 12.5. The van der Waals surface area contributed by atoms with Crippen LogP contribution in [0.15, 0.2) is 30.3 Å².